The van der Waals surface area contributed by atoms with E-state index in [1.807, 2.05) is 0 Å². The summed E-state index contributed by atoms with van der Waals surface area (Å²) in [6.45, 7) is 4.37. The minimum Gasteiger partial charge on any atom is -0.392 e. The molecule has 0 fully saturated rings. The number of hydrogen-bond donors (Lipinski definition) is 1. The van der Waals surface area contributed by atoms with E-state index < -0.39 is 18.0 Å². The number of carbonyl (C=O) groups excluding carboxylic acids is 2. The molecule has 0 saturated heterocycles. The van der Waals surface area contributed by atoms with E-state index in [1.54, 1.807) is 0 Å². The van der Waals surface area contributed by atoms with E-state index in [9.17, 15) is 9.59 Å². The molecule has 0 aromatic heterocycles. The second-order valence-electron chi connectivity index (χ2n) is 6.83. The van der Waals surface area contributed by atoms with E-state index >= 15 is 0 Å². The van der Waals surface area contributed by atoms with Crippen LogP contribution in [0.5, 0.6) is 0 Å². The van der Waals surface area contributed by atoms with Crippen molar-refractivity contribution in [2.24, 2.45) is 5.73 Å². The van der Waals surface area contributed by atoms with Gasteiger partial charge in [-0.05, 0) is 12.8 Å². The number of nitrogens with two attached hydrogens (primary N) is 1. The first-order valence-electron chi connectivity index (χ1n) is 10.1. The van der Waals surface area contributed by atoms with Crippen LogP contribution in [0.3, 0.4) is 0 Å². The summed E-state index contributed by atoms with van der Waals surface area (Å²) in [5.41, 5.74) is 5.81. The second kappa shape index (κ2) is 16.9. The fraction of sp³-hybridized carbons (Fsp3) is 0.900. The molecule has 2 N–H and O–H groups in total. The number of unbranched alkanes of at least 4 members (excludes halogenated alkanes) is 11. The number of ether oxygens (including phenoxy) is 1. The minimum atomic E-state index is -0.658. The van der Waals surface area contributed by atoms with E-state index in [2.05, 4.69) is 13.8 Å². The van der Waals surface area contributed by atoms with Gasteiger partial charge >= 0.3 is 11.9 Å². The summed E-state index contributed by atoms with van der Waals surface area (Å²) in [6.07, 6.45) is 15.9. The van der Waals surface area contributed by atoms with Gasteiger partial charge in [0.2, 0.25) is 0 Å². The van der Waals surface area contributed by atoms with E-state index in [1.165, 1.54) is 51.4 Å². The van der Waals surface area contributed by atoms with Crippen LogP contribution in [0.2, 0.25) is 0 Å². The average Bonchev–Trinajstić information content (AvgIpc) is 2.56. The van der Waals surface area contributed by atoms with E-state index in [-0.39, 0.29) is 0 Å². The summed E-state index contributed by atoms with van der Waals surface area (Å²) in [5, 5.41) is 0. The first kappa shape index (κ1) is 23.1. The highest BCUT2D eigenvalue weighted by molar-refractivity contribution is 5.88. The molecule has 1 unspecified atom stereocenters. The van der Waals surface area contributed by atoms with Gasteiger partial charge in [-0.1, -0.05) is 90.9 Å². The predicted molar refractivity (Wildman–Crippen MR) is 99.7 cm³/mol. The Balaban J connectivity index is 3.56. The van der Waals surface area contributed by atoms with Gasteiger partial charge in [0.15, 0.2) is 0 Å². The van der Waals surface area contributed by atoms with Crippen LogP contribution in [0.15, 0.2) is 0 Å². The first-order chi connectivity index (χ1) is 11.6. The smallest absolute Gasteiger partial charge is 0.330 e. The Labute approximate surface area is 148 Å². The number of rotatable bonds is 16. The maximum atomic E-state index is 11.8. The molecule has 0 aliphatic carbocycles. The topological polar surface area (TPSA) is 69.4 Å². The van der Waals surface area contributed by atoms with Gasteiger partial charge in [0.05, 0.1) is 0 Å². The lowest BCUT2D eigenvalue weighted by atomic mass is 10.1. The molecule has 1 atom stereocenters. The lowest BCUT2D eigenvalue weighted by Gasteiger charge is -2.10. The normalized spacial score (nSPS) is 12.1. The lowest BCUT2D eigenvalue weighted by molar-refractivity contribution is -0.160. The van der Waals surface area contributed by atoms with Gasteiger partial charge in [-0.15, -0.1) is 0 Å². The van der Waals surface area contributed by atoms with Gasteiger partial charge in [0.1, 0.15) is 6.04 Å². The molecule has 0 aliphatic rings. The third kappa shape index (κ3) is 14.7. The van der Waals surface area contributed by atoms with Crippen molar-refractivity contribution >= 4 is 11.9 Å². The van der Waals surface area contributed by atoms with E-state index in [4.69, 9.17) is 10.5 Å². The van der Waals surface area contributed by atoms with E-state index in [0.29, 0.717) is 12.8 Å². The van der Waals surface area contributed by atoms with Crippen molar-refractivity contribution in [3.05, 3.63) is 0 Å². The van der Waals surface area contributed by atoms with Gasteiger partial charge in [-0.3, -0.25) is 4.79 Å². The number of hydrogen-bond acceptors (Lipinski definition) is 4. The van der Waals surface area contributed by atoms with Crippen LogP contribution in [-0.2, 0) is 14.3 Å². The predicted octanol–water partition coefficient (Wildman–Crippen LogP) is 5.27. The fourth-order valence-electron chi connectivity index (χ4n) is 2.73. The van der Waals surface area contributed by atoms with E-state index in [0.717, 1.165) is 32.1 Å². The molecule has 0 saturated carbocycles. The molecule has 24 heavy (non-hydrogen) atoms. The lowest BCUT2D eigenvalue weighted by Crippen LogP contribution is -2.33. The maximum absolute atomic E-state index is 11.8. The minimum absolute atomic E-state index is 0.319. The van der Waals surface area contributed by atoms with Crippen molar-refractivity contribution in [1.82, 2.24) is 0 Å². The summed E-state index contributed by atoms with van der Waals surface area (Å²) in [5.74, 6) is -0.987. The molecule has 0 radical (unpaired) electrons. The third-order valence-corrected chi connectivity index (χ3v) is 4.37. The zero-order valence-electron chi connectivity index (χ0n) is 16.0. The van der Waals surface area contributed by atoms with Gasteiger partial charge in [-0.25, -0.2) is 4.79 Å². The van der Waals surface area contributed by atoms with Gasteiger partial charge in [0, 0.05) is 6.42 Å². The molecule has 0 aliphatic heterocycles. The largest absolute Gasteiger partial charge is 0.392 e. The SMILES string of the molecule is CCCCCCCCCCC(N)C(=O)OC(=O)CCCCCCC. The standard InChI is InChI=1S/C20H39NO3/c1-3-5-7-9-10-11-13-14-16-18(21)20(23)24-19(22)17-15-12-8-6-4-2/h18H,3-17,21H2,1-2H3. The van der Waals surface area contributed by atoms with Gasteiger partial charge in [-0.2, -0.15) is 0 Å². The molecule has 0 aromatic rings. The molecule has 4 nitrogen and oxygen atoms in total. The molecule has 0 spiro atoms. The third-order valence-electron chi connectivity index (χ3n) is 4.37. The molecule has 0 bridgehead atoms. The molecule has 0 aromatic carbocycles. The summed E-state index contributed by atoms with van der Waals surface area (Å²) < 4.78 is 4.84. The van der Waals surface area contributed by atoms with Crippen LogP contribution in [-0.4, -0.2) is 18.0 Å². The van der Waals surface area contributed by atoms with Crippen LogP contribution in [0, 0.1) is 0 Å². The molecule has 142 valence electrons. The highest BCUT2D eigenvalue weighted by Gasteiger charge is 2.18. The molecular formula is C20H39NO3. The summed E-state index contributed by atoms with van der Waals surface area (Å²) in [4.78, 5) is 23.4. The zero-order valence-corrected chi connectivity index (χ0v) is 16.0. The van der Waals surface area contributed by atoms with Crippen LogP contribution < -0.4 is 5.73 Å². The van der Waals surface area contributed by atoms with Gasteiger partial charge < -0.3 is 10.5 Å². The Morgan fingerprint density at radius 2 is 1.21 bits per heavy atom. The summed E-state index contributed by atoms with van der Waals surface area (Å²) >= 11 is 0. The second-order valence-corrected chi connectivity index (χ2v) is 6.83. The average molecular weight is 342 g/mol. The van der Waals surface area contributed by atoms with Crippen LogP contribution >= 0.6 is 0 Å². The summed E-state index contributed by atoms with van der Waals surface area (Å²) in [7, 11) is 0. The Kier molecular flexibility index (Phi) is 16.3. The van der Waals surface area contributed by atoms with Crippen molar-refractivity contribution in [2.45, 2.75) is 116 Å². The van der Waals surface area contributed by atoms with Crippen LogP contribution in [0.4, 0.5) is 0 Å². The summed E-state index contributed by atoms with van der Waals surface area (Å²) in [6, 6.07) is -0.658. The maximum Gasteiger partial charge on any atom is 0.330 e. The number of esters is 2. The molecule has 4 heteroatoms. The quantitative estimate of drug-likeness (QED) is 0.236. The molecule has 0 rings (SSSR count). The van der Waals surface area contributed by atoms with Crippen molar-refractivity contribution in [3.8, 4) is 0 Å². The Hall–Kier alpha value is -0.900. The Morgan fingerprint density at radius 1 is 0.750 bits per heavy atom. The Morgan fingerprint density at radius 3 is 1.75 bits per heavy atom. The fourth-order valence-corrected chi connectivity index (χ4v) is 2.73. The number of carbonyl (C=O) groups is 2. The zero-order chi connectivity index (χ0) is 18.0. The Bertz CT molecular complexity index is 318. The first-order valence-corrected chi connectivity index (χ1v) is 10.1. The molecule has 0 heterocycles. The highest BCUT2D eigenvalue weighted by Crippen LogP contribution is 2.11. The van der Waals surface area contributed by atoms with Crippen molar-refractivity contribution < 1.29 is 14.3 Å². The van der Waals surface area contributed by atoms with Gasteiger partial charge in [0.25, 0.3) is 0 Å². The van der Waals surface area contributed by atoms with Crippen molar-refractivity contribution in [3.63, 3.8) is 0 Å². The monoisotopic (exact) mass is 341 g/mol. The van der Waals surface area contributed by atoms with Crippen LogP contribution in [0.1, 0.15) is 110 Å². The molecule has 0 amide bonds. The van der Waals surface area contributed by atoms with Crippen molar-refractivity contribution in [2.75, 3.05) is 0 Å². The van der Waals surface area contributed by atoms with Crippen LogP contribution in [0.25, 0.3) is 0 Å². The highest BCUT2D eigenvalue weighted by atomic mass is 16.6. The van der Waals surface area contributed by atoms with Crippen molar-refractivity contribution in [1.29, 1.82) is 0 Å². The molecular weight excluding hydrogens is 302 g/mol.